The second-order valence-electron chi connectivity index (χ2n) is 7.20. The maximum Gasteiger partial charge on any atom is 0.0535 e. The van der Waals surface area contributed by atoms with Crippen molar-refractivity contribution in [3.05, 3.63) is 0 Å². The number of hydrogen-bond donors (Lipinski definition) is 0. The quantitative estimate of drug-likeness (QED) is 0.409. The molecule has 0 aromatic heterocycles. The molecule has 1 heteroatoms. The first-order valence-electron chi connectivity index (χ1n) is 8.21. The fourth-order valence-electron chi connectivity index (χ4n) is 4.38. The first-order chi connectivity index (χ1) is 8.21. The zero-order chi connectivity index (χ0) is 12.1. The average molecular weight is 253 g/mol. The van der Waals surface area contributed by atoms with Crippen LogP contribution in [0.4, 0.5) is 0 Å². The second kappa shape index (κ2) is 6.40. The molecule has 0 heterocycles. The zero-order valence-corrected chi connectivity index (χ0v) is 13.1. The molecule has 2 aliphatic carbocycles. The van der Waals surface area contributed by atoms with E-state index in [1.54, 1.807) is 25.7 Å². The Morgan fingerprint density at radius 1 is 0.529 bits per heavy atom. The first kappa shape index (κ1) is 13.6. The summed E-state index contributed by atoms with van der Waals surface area (Å²) in [5.74, 6) is 0. The summed E-state index contributed by atoms with van der Waals surface area (Å²) >= 11 is 0. The van der Waals surface area contributed by atoms with Gasteiger partial charge in [0.15, 0.2) is 0 Å². The Bertz CT molecular complexity index is 184. The van der Waals surface area contributed by atoms with Crippen LogP contribution in [-0.2, 0) is 0 Å². The lowest BCUT2D eigenvalue weighted by Crippen LogP contribution is -2.38. The Balaban J connectivity index is 1.98. The van der Waals surface area contributed by atoms with E-state index in [-0.39, 0.29) is 0 Å². The maximum absolute atomic E-state index is 2.74. The van der Waals surface area contributed by atoms with Crippen LogP contribution in [0.15, 0.2) is 0 Å². The first-order valence-corrected chi connectivity index (χ1v) is 11.4. The SMILES string of the molecule is C[Si](C)(C1CCCCCC1)C1CCCCCC1. The van der Waals surface area contributed by atoms with Gasteiger partial charge < -0.3 is 0 Å². The molecule has 0 nitrogen and oxygen atoms in total. The van der Waals surface area contributed by atoms with Gasteiger partial charge in [-0.05, 0) is 11.1 Å². The van der Waals surface area contributed by atoms with Gasteiger partial charge in [0.25, 0.3) is 0 Å². The van der Waals surface area contributed by atoms with E-state index in [1.807, 2.05) is 0 Å². The van der Waals surface area contributed by atoms with Crippen molar-refractivity contribution in [2.45, 2.75) is 101 Å². The molecule has 0 saturated heterocycles. The number of hydrogen-bond acceptors (Lipinski definition) is 0. The Kier molecular flexibility index (Phi) is 5.14. The van der Waals surface area contributed by atoms with Crippen molar-refractivity contribution in [1.29, 1.82) is 0 Å². The molecule has 2 saturated carbocycles. The smallest absolute Gasteiger partial charge is 0.0535 e. The van der Waals surface area contributed by atoms with Crippen molar-refractivity contribution in [1.82, 2.24) is 0 Å². The summed E-state index contributed by atoms with van der Waals surface area (Å²) in [6.45, 7) is 5.47. The van der Waals surface area contributed by atoms with E-state index >= 15 is 0 Å². The lowest BCUT2D eigenvalue weighted by Gasteiger charge is -2.39. The molecule has 2 rings (SSSR count). The molecule has 0 aliphatic heterocycles. The summed E-state index contributed by atoms with van der Waals surface area (Å²) in [6.07, 6.45) is 18.5. The van der Waals surface area contributed by atoms with Crippen molar-refractivity contribution in [3.63, 3.8) is 0 Å². The predicted octanol–water partition coefficient (Wildman–Crippen LogP) is 6.14. The predicted molar refractivity (Wildman–Crippen MR) is 80.4 cm³/mol. The van der Waals surface area contributed by atoms with Gasteiger partial charge in [-0.3, -0.25) is 0 Å². The minimum Gasteiger partial charge on any atom is -0.0689 e. The maximum atomic E-state index is 2.74. The van der Waals surface area contributed by atoms with E-state index in [4.69, 9.17) is 0 Å². The molecule has 0 spiro atoms. The molecule has 0 atom stereocenters. The third-order valence-corrected chi connectivity index (χ3v) is 11.2. The topological polar surface area (TPSA) is 0 Å². The van der Waals surface area contributed by atoms with Gasteiger partial charge in [-0.2, -0.15) is 0 Å². The minimum atomic E-state index is -0.966. The fourth-order valence-corrected chi connectivity index (χ4v) is 8.84. The van der Waals surface area contributed by atoms with E-state index in [0.717, 1.165) is 11.1 Å². The largest absolute Gasteiger partial charge is 0.0689 e. The molecule has 0 aromatic rings. The van der Waals surface area contributed by atoms with Gasteiger partial charge in [0.1, 0.15) is 0 Å². The summed E-state index contributed by atoms with van der Waals surface area (Å²) in [6, 6.07) is 0. The highest BCUT2D eigenvalue weighted by Gasteiger charge is 2.38. The summed E-state index contributed by atoms with van der Waals surface area (Å²) in [5.41, 5.74) is 2.32. The van der Waals surface area contributed by atoms with Gasteiger partial charge in [-0.1, -0.05) is 90.1 Å². The van der Waals surface area contributed by atoms with Crippen LogP contribution in [0, 0.1) is 0 Å². The van der Waals surface area contributed by atoms with Crippen LogP contribution >= 0.6 is 0 Å². The van der Waals surface area contributed by atoms with Crippen molar-refractivity contribution >= 4 is 8.07 Å². The van der Waals surface area contributed by atoms with Crippen LogP contribution < -0.4 is 0 Å². The number of rotatable bonds is 2. The highest BCUT2D eigenvalue weighted by molar-refractivity contribution is 6.80. The Hall–Kier alpha value is 0.217. The summed E-state index contributed by atoms with van der Waals surface area (Å²) < 4.78 is 0. The molecule has 0 bridgehead atoms. The summed E-state index contributed by atoms with van der Waals surface area (Å²) in [7, 11) is -0.966. The molecule has 2 aliphatic rings. The van der Waals surface area contributed by atoms with Gasteiger partial charge in [0.2, 0.25) is 0 Å². The summed E-state index contributed by atoms with van der Waals surface area (Å²) in [5, 5.41) is 0. The van der Waals surface area contributed by atoms with Crippen LogP contribution in [0.1, 0.15) is 77.0 Å². The molecule has 0 N–H and O–H groups in total. The molecule has 2 fully saturated rings. The minimum absolute atomic E-state index is 0.966. The van der Waals surface area contributed by atoms with Crippen molar-refractivity contribution in [2.75, 3.05) is 0 Å². The molecule has 0 aromatic carbocycles. The Morgan fingerprint density at radius 3 is 1.12 bits per heavy atom. The normalized spacial score (nSPS) is 26.5. The highest BCUT2D eigenvalue weighted by Crippen LogP contribution is 2.46. The van der Waals surface area contributed by atoms with E-state index in [0.29, 0.717) is 0 Å². The average Bonchev–Trinajstić information content (AvgIpc) is 2.74. The van der Waals surface area contributed by atoms with E-state index in [1.165, 1.54) is 51.4 Å². The van der Waals surface area contributed by atoms with Crippen LogP contribution in [-0.4, -0.2) is 8.07 Å². The molecule has 17 heavy (non-hydrogen) atoms. The molecular weight excluding hydrogens is 220 g/mol. The highest BCUT2D eigenvalue weighted by atomic mass is 28.3. The van der Waals surface area contributed by atoms with Gasteiger partial charge in [-0.25, -0.2) is 0 Å². The van der Waals surface area contributed by atoms with Crippen LogP contribution in [0.3, 0.4) is 0 Å². The standard InChI is InChI=1S/C16H32Si/c1-17(2,15-11-7-3-4-8-12-15)16-13-9-5-6-10-14-16/h15-16H,3-14H2,1-2H3. The van der Waals surface area contributed by atoms with E-state index in [2.05, 4.69) is 13.1 Å². The second-order valence-corrected chi connectivity index (χ2v) is 12.5. The summed E-state index contributed by atoms with van der Waals surface area (Å²) in [4.78, 5) is 0. The zero-order valence-electron chi connectivity index (χ0n) is 12.1. The molecular formula is C16H32Si. The van der Waals surface area contributed by atoms with E-state index in [9.17, 15) is 0 Å². The molecule has 0 radical (unpaired) electrons. The molecule has 0 unspecified atom stereocenters. The van der Waals surface area contributed by atoms with Crippen molar-refractivity contribution in [3.8, 4) is 0 Å². The van der Waals surface area contributed by atoms with Crippen molar-refractivity contribution < 1.29 is 0 Å². The molecule has 0 amide bonds. The van der Waals surface area contributed by atoms with Gasteiger partial charge >= 0.3 is 0 Å². The van der Waals surface area contributed by atoms with E-state index < -0.39 is 8.07 Å². The van der Waals surface area contributed by atoms with Crippen LogP contribution in [0.2, 0.25) is 24.2 Å². The van der Waals surface area contributed by atoms with Crippen molar-refractivity contribution in [2.24, 2.45) is 0 Å². The lowest BCUT2D eigenvalue weighted by atomic mass is 10.2. The van der Waals surface area contributed by atoms with Crippen LogP contribution in [0.25, 0.3) is 0 Å². The third-order valence-electron chi connectivity index (χ3n) is 5.81. The van der Waals surface area contributed by atoms with Gasteiger partial charge in [0.05, 0.1) is 8.07 Å². The Morgan fingerprint density at radius 2 is 0.824 bits per heavy atom. The Labute approximate surface area is 110 Å². The van der Waals surface area contributed by atoms with Crippen LogP contribution in [0.5, 0.6) is 0 Å². The lowest BCUT2D eigenvalue weighted by molar-refractivity contribution is 0.611. The fraction of sp³-hybridized carbons (Fsp3) is 1.00. The molecule has 100 valence electrons. The van der Waals surface area contributed by atoms with Gasteiger partial charge in [-0.15, -0.1) is 0 Å². The third kappa shape index (κ3) is 3.59. The van der Waals surface area contributed by atoms with Gasteiger partial charge in [0, 0.05) is 0 Å². The monoisotopic (exact) mass is 252 g/mol.